The van der Waals surface area contributed by atoms with Crippen LogP contribution in [-0.2, 0) is 25.9 Å². The fourth-order valence-corrected chi connectivity index (χ4v) is 4.63. The molecule has 114 valence electrons. The molecule has 1 aliphatic heterocycles. The zero-order chi connectivity index (χ0) is 15.1. The topological polar surface area (TPSA) is 21.1 Å². The Labute approximate surface area is 139 Å². The Balaban J connectivity index is 1.73. The molecule has 0 fully saturated rings. The Morgan fingerprint density at radius 3 is 2.95 bits per heavy atom. The molecular formula is C17H18ClN3S. The van der Waals surface area contributed by atoms with Crippen LogP contribution in [0.25, 0.3) is 10.2 Å². The summed E-state index contributed by atoms with van der Waals surface area (Å²) in [4.78, 5) is 6.49. The second kappa shape index (κ2) is 5.69. The molecule has 0 amide bonds. The number of halogens is 1. The molecule has 0 atom stereocenters. The Kier molecular flexibility index (Phi) is 3.68. The van der Waals surface area contributed by atoms with E-state index in [9.17, 15) is 0 Å². The third kappa shape index (κ3) is 2.45. The molecule has 3 aromatic rings. The van der Waals surface area contributed by atoms with Crippen LogP contribution in [0.3, 0.4) is 0 Å². The predicted molar refractivity (Wildman–Crippen MR) is 92.8 cm³/mol. The summed E-state index contributed by atoms with van der Waals surface area (Å²) < 4.78 is 4.75. The van der Waals surface area contributed by atoms with E-state index < -0.39 is 0 Å². The maximum Gasteiger partial charge on any atom is 0.0956 e. The van der Waals surface area contributed by atoms with Crippen molar-refractivity contribution in [2.45, 2.75) is 25.9 Å². The number of fused-ring (bicyclic) bond motifs is 3. The highest BCUT2D eigenvalue weighted by atomic mass is 35.5. The van der Waals surface area contributed by atoms with E-state index in [1.165, 1.54) is 27.0 Å². The first-order valence-corrected chi connectivity index (χ1v) is 8.78. The standard InChI is InChI=1S/C17H18ClN3S/c1-20-8-5-14-13(11-20)17-15(10-16(18)22-17)21(14)9-4-12-2-6-19-7-3-12/h2-3,6-7,10H,4-5,8-9,11H2,1H3. The fourth-order valence-electron chi connectivity index (χ4n) is 3.35. The monoisotopic (exact) mass is 331 g/mol. The van der Waals surface area contributed by atoms with Gasteiger partial charge in [-0.25, -0.2) is 0 Å². The van der Waals surface area contributed by atoms with Crippen LogP contribution in [0.4, 0.5) is 0 Å². The summed E-state index contributed by atoms with van der Waals surface area (Å²) in [5.41, 5.74) is 5.63. The van der Waals surface area contributed by atoms with E-state index in [4.69, 9.17) is 11.6 Å². The van der Waals surface area contributed by atoms with Gasteiger partial charge in [-0.3, -0.25) is 4.98 Å². The molecule has 0 bridgehead atoms. The van der Waals surface area contributed by atoms with Crippen molar-refractivity contribution in [1.82, 2.24) is 14.5 Å². The van der Waals surface area contributed by atoms with Crippen LogP contribution >= 0.6 is 22.9 Å². The second-order valence-corrected chi connectivity index (χ2v) is 7.62. The van der Waals surface area contributed by atoms with Crippen LogP contribution in [-0.4, -0.2) is 28.0 Å². The number of aryl methyl sites for hydroxylation is 2. The lowest BCUT2D eigenvalue weighted by atomic mass is 10.1. The summed E-state index contributed by atoms with van der Waals surface area (Å²) in [6.45, 7) is 3.17. The first kappa shape index (κ1) is 14.2. The van der Waals surface area contributed by atoms with E-state index in [-0.39, 0.29) is 0 Å². The minimum absolute atomic E-state index is 0.888. The van der Waals surface area contributed by atoms with Crippen molar-refractivity contribution >= 4 is 33.2 Å². The van der Waals surface area contributed by atoms with Crippen molar-refractivity contribution in [3.05, 3.63) is 51.7 Å². The van der Waals surface area contributed by atoms with E-state index in [0.717, 1.165) is 36.8 Å². The van der Waals surface area contributed by atoms with Gasteiger partial charge in [0.2, 0.25) is 0 Å². The number of thiophene rings is 1. The van der Waals surface area contributed by atoms with Gasteiger partial charge in [0.1, 0.15) is 0 Å². The Hall–Kier alpha value is -1.36. The number of aromatic nitrogens is 2. The molecule has 0 radical (unpaired) electrons. The van der Waals surface area contributed by atoms with Crippen LogP contribution in [0.2, 0.25) is 4.34 Å². The molecule has 4 rings (SSSR count). The largest absolute Gasteiger partial charge is 0.343 e. The lowest BCUT2D eigenvalue weighted by Crippen LogP contribution is -2.27. The second-order valence-electron chi connectivity index (χ2n) is 5.94. The Morgan fingerprint density at radius 2 is 2.14 bits per heavy atom. The highest BCUT2D eigenvalue weighted by Crippen LogP contribution is 2.38. The molecule has 22 heavy (non-hydrogen) atoms. The van der Waals surface area contributed by atoms with Crippen molar-refractivity contribution < 1.29 is 0 Å². The lowest BCUT2D eigenvalue weighted by molar-refractivity contribution is 0.309. The molecule has 3 nitrogen and oxygen atoms in total. The highest BCUT2D eigenvalue weighted by molar-refractivity contribution is 7.22. The molecule has 0 aliphatic carbocycles. The van der Waals surface area contributed by atoms with E-state index in [0.29, 0.717) is 0 Å². The quantitative estimate of drug-likeness (QED) is 0.723. The van der Waals surface area contributed by atoms with Gasteiger partial charge in [-0.2, -0.15) is 0 Å². The van der Waals surface area contributed by atoms with Crippen LogP contribution in [0.5, 0.6) is 0 Å². The van der Waals surface area contributed by atoms with Crippen LogP contribution in [0.15, 0.2) is 30.6 Å². The molecule has 1 aliphatic rings. The summed E-state index contributed by atoms with van der Waals surface area (Å²) in [6.07, 6.45) is 5.89. The highest BCUT2D eigenvalue weighted by Gasteiger charge is 2.23. The van der Waals surface area contributed by atoms with E-state index in [1.54, 1.807) is 11.3 Å². The van der Waals surface area contributed by atoms with E-state index >= 15 is 0 Å². The zero-order valence-corrected chi connectivity index (χ0v) is 14.1. The molecule has 4 heterocycles. The minimum atomic E-state index is 0.888. The van der Waals surface area contributed by atoms with Gasteiger partial charge in [-0.15, -0.1) is 11.3 Å². The van der Waals surface area contributed by atoms with E-state index in [1.807, 2.05) is 12.4 Å². The Bertz CT molecular complexity index is 806. The van der Waals surface area contributed by atoms with Crippen molar-refractivity contribution in [2.24, 2.45) is 0 Å². The number of pyridine rings is 1. The van der Waals surface area contributed by atoms with Crippen LogP contribution in [0.1, 0.15) is 16.8 Å². The minimum Gasteiger partial charge on any atom is -0.343 e. The van der Waals surface area contributed by atoms with Crippen molar-refractivity contribution in [3.8, 4) is 0 Å². The summed E-state index contributed by atoms with van der Waals surface area (Å²) in [7, 11) is 2.19. The average molecular weight is 332 g/mol. The normalized spacial score (nSPS) is 15.4. The molecule has 0 saturated carbocycles. The van der Waals surface area contributed by atoms with Gasteiger partial charge in [-0.05, 0) is 37.2 Å². The lowest BCUT2D eigenvalue weighted by Gasteiger charge is -2.24. The summed E-state index contributed by atoms with van der Waals surface area (Å²) in [5, 5.41) is 0. The Morgan fingerprint density at radius 1 is 1.32 bits per heavy atom. The smallest absolute Gasteiger partial charge is 0.0956 e. The number of hydrogen-bond acceptors (Lipinski definition) is 3. The van der Waals surface area contributed by atoms with Gasteiger partial charge in [0.25, 0.3) is 0 Å². The van der Waals surface area contributed by atoms with Gasteiger partial charge < -0.3 is 9.47 Å². The number of hydrogen-bond donors (Lipinski definition) is 0. The number of likely N-dealkylation sites (N-methyl/N-ethyl adjacent to an activating group) is 1. The summed E-state index contributed by atoms with van der Waals surface area (Å²) in [5.74, 6) is 0. The maximum atomic E-state index is 6.28. The van der Waals surface area contributed by atoms with Crippen LogP contribution < -0.4 is 0 Å². The first-order chi connectivity index (χ1) is 10.7. The summed E-state index contributed by atoms with van der Waals surface area (Å²) >= 11 is 8.00. The predicted octanol–water partition coefficient (Wildman–Crippen LogP) is 3.98. The number of rotatable bonds is 3. The van der Waals surface area contributed by atoms with Gasteiger partial charge in [0.15, 0.2) is 0 Å². The molecule has 0 spiro atoms. The third-order valence-electron chi connectivity index (χ3n) is 4.45. The molecule has 0 saturated heterocycles. The first-order valence-electron chi connectivity index (χ1n) is 7.59. The van der Waals surface area contributed by atoms with Gasteiger partial charge in [0.05, 0.1) is 14.6 Å². The third-order valence-corrected chi connectivity index (χ3v) is 5.77. The molecule has 0 N–H and O–H groups in total. The van der Waals surface area contributed by atoms with Gasteiger partial charge >= 0.3 is 0 Å². The van der Waals surface area contributed by atoms with Crippen molar-refractivity contribution in [3.63, 3.8) is 0 Å². The molecular weight excluding hydrogens is 314 g/mol. The zero-order valence-electron chi connectivity index (χ0n) is 12.6. The maximum absolute atomic E-state index is 6.28. The van der Waals surface area contributed by atoms with Gasteiger partial charge in [0, 0.05) is 49.7 Å². The average Bonchev–Trinajstić information content (AvgIpc) is 3.02. The van der Waals surface area contributed by atoms with Crippen molar-refractivity contribution in [1.29, 1.82) is 0 Å². The molecule has 0 aromatic carbocycles. The SMILES string of the molecule is CN1CCc2c(c3sc(Cl)cc3n2CCc2ccncc2)C1. The molecule has 3 aromatic heterocycles. The number of nitrogens with zero attached hydrogens (tertiary/aromatic N) is 3. The molecule has 5 heteroatoms. The van der Waals surface area contributed by atoms with Crippen molar-refractivity contribution in [2.75, 3.05) is 13.6 Å². The molecule has 0 unspecified atom stereocenters. The fraction of sp³-hybridized carbons (Fsp3) is 0.353. The van der Waals surface area contributed by atoms with Gasteiger partial charge in [-0.1, -0.05) is 11.6 Å². The van der Waals surface area contributed by atoms with E-state index in [2.05, 4.69) is 39.7 Å². The van der Waals surface area contributed by atoms with Crippen LogP contribution in [0, 0.1) is 0 Å². The summed E-state index contributed by atoms with van der Waals surface area (Å²) in [6, 6.07) is 6.33.